The quantitative estimate of drug-likeness (QED) is 0.706. The van der Waals surface area contributed by atoms with E-state index >= 15 is 0 Å². The first-order chi connectivity index (χ1) is 6.92. The molecular formula is C10H14N4. The van der Waals surface area contributed by atoms with E-state index in [2.05, 4.69) is 15.6 Å². The molecule has 0 spiro atoms. The van der Waals surface area contributed by atoms with Crippen molar-refractivity contribution in [2.45, 2.75) is 0 Å². The first-order valence-corrected chi connectivity index (χ1v) is 4.72. The van der Waals surface area contributed by atoms with E-state index < -0.39 is 0 Å². The lowest BCUT2D eigenvalue weighted by Crippen LogP contribution is -2.18. The molecule has 2 N–H and O–H groups in total. The van der Waals surface area contributed by atoms with E-state index in [9.17, 15) is 0 Å². The van der Waals surface area contributed by atoms with E-state index in [1.165, 1.54) is 0 Å². The minimum atomic E-state index is 0.911. The summed E-state index contributed by atoms with van der Waals surface area (Å²) in [4.78, 5) is 4.21. The number of anilines is 1. The zero-order chi connectivity index (χ0) is 9.80. The summed E-state index contributed by atoms with van der Waals surface area (Å²) >= 11 is 0. The Labute approximate surface area is 83.0 Å². The summed E-state index contributed by atoms with van der Waals surface area (Å²) in [6.07, 6.45) is 3.76. The number of nitrogens with one attached hydrogen (secondary N) is 2. The second kappa shape index (κ2) is 4.11. The molecule has 0 aliphatic heterocycles. The Bertz CT molecular complexity index is 407. The highest BCUT2D eigenvalue weighted by Gasteiger charge is 1.97. The molecule has 0 aliphatic carbocycles. The van der Waals surface area contributed by atoms with Crippen molar-refractivity contribution in [2.24, 2.45) is 0 Å². The molecule has 0 bridgehead atoms. The molecule has 14 heavy (non-hydrogen) atoms. The lowest BCUT2D eigenvalue weighted by atomic mass is 10.4. The van der Waals surface area contributed by atoms with Crippen LogP contribution >= 0.6 is 0 Å². The molecule has 0 saturated heterocycles. The fourth-order valence-corrected chi connectivity index (χ4v) is 1.41. The van der Waals surface area contributed by atoms with Gasteiger partial charge in [0, 0.05) is 25.5 Å². The molecule has 0 saturated carbocycles. The second-order valence-corrected chi connectivity index (χ2v) is 3.10. The number of hydrogen-bond donors (Lipinski definition) is 2. The van der Waals surface area contributed by atoms with E-state index in [4.69, 9.17) is 0 Å². The molecule has 74 valence electrons. The minimum Gasteiger partial charge on any atom is -0.370 e. The average molecular weight is 190 g/mol. The van der Waals surface area contributed by atoms with Gasteiger partial charge in [-0.15, -0.1) is 0 Å². The predicted molar refractivity (Wildman–Crippen MR) is 57.6 cm³/mol. The van der Waals surface area contributed by atoms with Crippen molar-refractivity contribution in [2.75, 3.05) is 25.5 Å². The summed E-state index contributed by atoms with van der Waals surface area (Å²) in [6.45, 7) is 1.86. The molecule has 0 amide bonds. The smallest absolute Gasteiger partial charge is 0.138 e. The van der Waals surface area contributed by atoms with E-state index in [0.717, 1.165) is 24.6 Å². The van der Waals surface area contributed by atoms with Crippen LogP contribution in [0.15, 0.2) is 30.6 Å². The molecule has 0 unspecified atom stereocenters. The zero-order valence-electron chi connectivity index (χ0n) is 8.20. The van der Waals surface area contributed by atoms with Gasteiger partial charge in [0.15, 0.2) is 0 Å². The third-order valence-corrected chi connectivity index (χ3v) is 2.11. The SMILES string of the molecule is CNCCNc1cccc2nccn12. The number of imidazole rings is 1. The molecule has 0 aromatic carbocycles. The van der Waals surface area contributed by atoms with Crippen molar-refractivity contribution in [3.8, 4) is 0 Å². The van der Waals surface area contributed by atoms with Crippen molar-refractivity contribution in [1.82, 2.24) is 14.7 Å². The largest absolute Gasteiger partial charge is 0.370 e. The Kier molecular flexibility index (Phi) is 2.65. The van der Waals surface area contributed by atoms with Crippen molar-refractivity contribution < 1.29 is 0 Å². The molecule has 0 fully saturated rings. The number of fused-ring (bicyclic) bond motifs is 1. The minimum absolute atomic E-state index is 0.911. The highest BCUT2D eigenvalue weighted by Crippen LogP contribution is 2.09. The third kappa shape index (κ3) is 1.70. The van der Waals surface area contributed by atoms with Crippen molar-refractivity contribution in [3.05, 3.63) is 30.6 Å². The Balaban J connectivity index is 2.19. The zero-order valence-corrected chi connectivity index (χ0v) is 8.20. The number of nitrogens with zero attached hydrogens (tertiary/aromatic N) is 2. The Morgan fingerprint density at radius 3 is 3.14 bits per heavy atom. The first kappa shape index (κ1) is 9.02. The number of hydrogen-bond acceptors (Lipinski definition) is 3. The molecule has 0 atom stereocenters. The standard InChI is InChI=1S/C10H14N4/c1-11-5-6-12-9-3-2-4-10-13-7-8-14(9)10/h2-4,7-8,11-12H,5-6H2,1H3. The Morgan fingerprint density at radius 2 is 2.29 bits per heavy atom. The van der Waals surface area contributed by atoms with Crippen LogP contribution in [-0.4, -0.2) is 29.5 Å². The molecule has 2 aromatic heterocycles. The van der Waals surface area contributed by atoms with E-state index in [1.54, 1.807) is 6.20 Å². The summed E-state index contributed by atoms with van der Waals surface area (Å²) in [5, 5.41) is 6.43. The molecule has 4 heteroatoms. The van der Waals surface area contributed by atoms with Gasteiger partial charge >= 0.3 is 0 Å². The van der Waals surface area contributed by atoms with Gasteiger partial charge < -0.3 is 10.6 Å². The Hall–Kier alpha value is -1.55. The van der Waals surface area contributed by atoms with Crippen LogP contribution in [0.25, 0.3) is 5.65 Å². The monoisotopic (exact) mass is 190 g/mol. The number of pyridine rings is 1. The molecule has 0 radical (unpaired) electrons. The van der Waals surface area contributed by atoms with E-state index in [1.807, 2.05) is 35.8 Å². The van der Waals surface area contributed by atoms with Crippen LogP contribution in [-0.2, 0) is 0 Å². The summed E-state index contributed by atoms with van der Waals surface area (Å²) in [6, 6.07) is 6.04. The van der Waals surface area contributed by atoms with Gasteiger partial charge in [0.25, 0.3) is 0 Å². The van der Waals surface area contributed by atoms with E-state index in [-0.39, 0.29) is 0 Å². The van der Waals surface area contributed by atoms with E-state index in [0.29, 0.717) is 0 Å². The lowest BCUT2D eigenvalue weighted by molar-refractivity contribution is 0.820. The maximum absolute atomic E-state index is 4.21. The molecule has 0 aliphatic rings. The second-order valence-electron chi connectivity index (χ2n) is 3.10. The van der Waals surface area contributed by atoms with Gasteiger partial charge in [0.05, 0.1) is 0 Å². The fraction of sp³-hybridized carbons (Fsp3) is 0.300. The van der Waals surface area contributed by atoms with Gasteiger partial charge in [-0.2, -0.15) is 0 Å². The van der Waals surface area contributed by atoms with Crippen LogP contribution in [0.4, 0.5) is 5.82 Å². The maximum Gasteiger partial charge on any atom is 0.138 e. The Morgan fingerprint density at radius 1 is 1.36 bits per heavy atom. The number of aromatic nitrogens is 2. The number of likely N-dealkylation sites (N-methyl/N-ethyl adjacent to an activating group) is 1. The van der Waals surface area contributed by atoms with Crippen LogP contribution in [0.3, 0.4) is 0 Å². The first-order valence-electron chi connectivity index (χ1n) is 4.72. The summed E-state index contributed by atoms with van der Waals surface area (Å²) in [7, 11) is 1.94. The topological polar surface area (TPSA) is 41.4 Å². The average Bonchev–Trinajstić information content (AvgIpc) is 2.67. The van der Waals surface area contributed by atoms with Crippen LogP contribution < -0.4 is 10.6 Å². The molecular weight excluding hydrogens is 176 g/mol. The highest BCUT2D eigenvalue weighted by atomic mass is 15.1. The molecule has 4 nitrogen and oxygen atoms in total. The molecule has 2 rings (SSSR count). The summed E-state index contributed by atoms with van der Waals surface area (Å²) in [5.41, 5.74) is 0.972. The van der Waals surface area contributed by atoms with Crippen molar-refractivity contribution in [3.63, 3.8) is 0 Å². The van der Waals surface area contributed by atoms with Gasteiger partial charge in [-0.1, -0.05) is 6.07 Å². The predicted octanol–water partition coefficient (Wildman–Crippen LogP) is 0.966. The van der Waals surface area contributed by atoms with Gasteiger partial charge in [-0.3, -0.25) is 4.40 Å². The highest BCUT2D eigenvalue weighted by molar-refractivity contribution is 5.49. The fourth-order valence-electron chi connectivity index (χ4n) is 1.41. The molecule has 2 heterocycles. The van der Waals surface area contributed by atoms with Crippen molar-refractivity contribution in [1.29, 1.82) is 0 Å². The van der Waals surface area contributed by atoms with Gasteiger partial charge in [0.2, 0.25) is 0 Å². The van der Waals surface area contributed by atoms with Crippen molar-refractivity contribution >= 4 is 11.5 Å². The maximum atomic E-state index is 4.21. The summed E-state index contributed by atoms with van der Waals surface area (Å²) < 4.78 is 2.04. The molecule has 2 aromatic rings. The van der Waals surface area contributed by atoms with Gasteiger partial charge in [-0.25, -0.2) is 4.98 Å². The van der Waals surface area contributed by atoms with Crippen LogP contribution in [0.5, 0.6) is 0 Å². The van der Waals surface area contributed by atoms with Crippen LogP contribution in [0.2, 0.25) is 0 Å². The normalized spacial score (nSPS) is 10.6. The number of rotatable bonds is 4. The lowest BCUT2D eigenvalue weighted by Gasteiger charge is -2.07. The third-order valence-electron chi connectivity index (χ3n) is 2.11. The van der Waals surface area contributed by atoms with Crippen LogP contribution in [0, 0.1) is 0 Å². The van der Waals surface area contributed by atoms with Gasteiger partial charge in [-0.05, 0) is 19.2 Å². The van der Waals surface area contributed by atoms with Gasteiger partial charge in [0.1, 0.15) is 11.5 Å². The van der Waals surface area contributed by atoms with Crippen LogP contribution in [0.1, 0.15) is 0 Å². The summed E-state index contributed by atoms with van der Waals surface area (Å²) in [5.74, 6) is 1.08.